The zero-order valence-electron chi connectivity index (χ0n) is 15.5. The molecule has 3 aromatic rings. The van der Waals surface area contributed by atoms with Crippen LogP contribution in [0, 0.1) is 20.8 Å². The highest BCUT2D eigenvalue weighted by molar-refractivity contribution is 6.30. The van der Waals surface area contributed by atoms with Crippen molar-refractivity contribution in [2.45, 2.75) is 20.8 Å². The van der Waals surface area contributed by atoms with Crippen LogP contribution < -0.4 is 10.7 Å². The first kappa shape index (κ1) is 18.7. The molecule has 0 saturated carbocycles. The molecule has 0 aliphatic heterocycles. The predicted octanol–water partition coefficient (Wildman–Crippen LogP) is 5.21. The van der Waals surface area contributed by atoms with Crippen LogP contribution in [0.15, 0.2) is 59.7 Å². The van der Waals surface area contributed by atoms with Crippen LogP contribution in [0.2, 0.25) is 5.02 Å². The summed E-state index contributed by atoms with van der Waals surface area (Å²) in [5.74, 6) is 0. The second-order valence-corrected chi connectivity index (χ2v) is 6.71. The number of urea groups is 1. The molecule has 5 nitrogen and oxygen atoms in total. The van der Waals surface area contributed by atoms with Crippen molar-refractivity contribution in [3.8, 4) is 5.69 Å². The molecule has 0 spiro atoms. The fraction of sp³-hybridized carbons (Fsp3) is 0.143. The standard InChI is InChI=1S/C21H21ClN4O/c1-14-6-4-5-7-20(14)24-21(27)25-23-13-17-12-15(2)26(16(17)3)19-10-8-18(22)9-11-19/h4-13H,1-3H3,(H2,24,25,27). The Hall–Kier alpha value is -3.05. The quantitative estimate of drug-likeness (QED) is 0.473. The molecular weight excluding hydrogens is 360 g/mol. The minimum absolute atomic E-state index is 0.382. The Labute approximate surface area is 163 Å². The molecule has 0 bridgehead atoms. The van der Waals surface area contributed by atoms with Gasteiger partial charge in [-0.25, -0.2) is 10.2 Å². The van der Waals surface area contributed by atoms with Crippen molar-refractivity contribution in [3.63, 3.8) is 0 Å². The third-order valence-corrected chi connectivity index (χ3v) is 4.57. The Morgan fingerprint density at radius 1 is 1.07 bits per heavy atom. The van der Waals surface area contributed by atoms with Crippen LogP contribution in [0.4, 0.5) is 10.5 Å². The molecule has 1 aromatic heterocycles. The van der Waals surface area contributed by atoms with E-state index in [1.165, 1.54) is 0 Å². The van der Waals surface area contributed by atoms with Crippen LogP contribution >= 0.6 is 11.6 Å². The van der Waals surface area contributed by atoms with Crippen molar-refractivity contribution in [1.29, 1.82) is 0 Å². The number of para-hydroxylation sites is 1. The monoisotopic (exact) mass is 380 g/mol. The smallest absolute Gasteiger partial charge is 0.318 e. The summed E-state index contributed by atoms with van der Waals surface area (Å²) in [6.07, 6.45) is 1.65. The molecule has 1 heterocycles. The molecule has 3 rings (SSSR count). The summed E-state index contributed by atoms with van der Waals surface area (Å²) in [6.45, 7) is 5.97. The average molecular weight is 381 g/mol. The number of hydrazone groups is 1. The van der Waals surface area contributed by atoms with E-state index in [1.54, 1.807) is 6.21 Å². The van der Waals surface area contributed by atoms with E-state index in [-0.39, 0.29) is 6.03 Å². The molecule has 0 radical (unpaired) electrons. The highest BCUT2D eigenvalue weighted by Crippen LogP contribution is 2.21. The van der Waals surface area contributed by atoms with Gasteiger partial charge in [0.05, 0.1) is 6.21 Å². The van der Waals surface area contributed by atoms with Gasteiger partial charge in [0.15, 0.2) is 0 Å². The fourth-order valence-corrected chi connectivity index (χ4v) is 3.06. The summed E-state index contributed by atoms with van der Waals surface area (Å²) in [7, 11) is 0. The predicted molar refractivity (Wildman–Crippen MR) is 111 cm³/mol. The van der Waals surface area contributed by atoms with Gasteiger partial charge in [-0.2, -0.15) is 5.10 Å². The number of carbonyl (C=O) groups is 1. The number of rotatable bonds is 4. The second-order valence-electron chi connectivity index (χ2n) is 6.28. The van der Waals surface area contributed by atoms with Gasteiger partial charge in [0.1, 0.15) is 0 Å². The number of carbonyl (C=O) groups excluding carboxylic acids is 1. The van der Waals surface area contributed by atoms with E-state index in [1.807, 2.05) is 75.4 Å². The molecule has 2 amide bonds. The lowest BCUT2D eigenvalue weighted by atomic mass is 10.2. The van der Waals surface area contributed by atoms with Crippen molar-refractivity contribution in [2.75, 3.05) is 5.32 Å². The average Bonchev–Trinajstić information content (AvgIpc) is 2.92. The molecule has 0 atom stereocenters. The maximum Gasteiger partial charge on any atom is 0.339 e. The van der Waals surface area contributed by atoms with Gasteiger partial charge < -0.3 is 9.88 Å². The van der Waals surface area contributed by atoms with Gasteiger partial charge in [-0.05, 0) is 62.7 Å². The lowest BCUT2D eigenvalue weighted by Crippen LogP contribution is -2.24. The third kappa shape index (κ3) is 4.38. The Morgan fingerprint density at radius 3 is 2.48 bits per heavy atom. The normalized spacial score (nSPS) is 11.0. The highest BCUT2D eigenvalue weighted by atomic mass is 35.5. The summed E-state index contributed by atoms with van der Waals surface area (Å²) in [5.41, 5.74) is 8.30. The molecule has 0 saturated heterocycles. The Bertz CT molecular complexity index is 990. The molecule has 0 unspecified atom stereocenters. The van der Waals surface area contributed by atoms with E-state index in [0.717, 1.165) is 33.9 Å². The number of nitrogens with one attached hydrogen (secondary N) is 2. The van der Waals surface area contributed by atoms with Crippen molar-refractivity contribution in [3.05, 3.63) is 82.1 Å². The molecular formula is C21H21ClN4O. The number of benzene rings is 2. The minimum Gasteiger partial charge on any atom is -0.318 e. The van der Waals surface area contributed by atoms with E-state index in [4.69, 9.17) is 11.6 Å². The first-order valence-electron chi connectivity index (χ1n) is 8.56. The number of hydrogen-bond acceptors (Lipinski definition) is 2. The van der Waals surface area contributed by atoms with Gasteiger partial charge in [0.25, 0.3) is 0 Å². The molecule has 0 fully saturated rings. The lowest BCUT2D eigenvalue weighted by molar-refractivity contribution is 0.252. The van der Waals surface area contributed by atoms with Crippen LogP contribution in [0.25, 0.3) is 5.69 Å². The van der Waals surface area contributed by atoms with Crippen molar-refractivity contribution in [2.24, 2.45) is 5.10 Å². The van der Waals surface area contributed by atoms with Gasteiger partial charge in [0.2, 0.25) is 0 Å². The first-order valence-corrected chi connectivity index (χ1v) is 8.94. The number of anilines is 1. The van der Waals surface area contributed by atoms with Gasteiger partial charge in [-0.3, -0.25) is 0 Å². The molecule has 0 aliphatic carbocycles. The van der Waals surface area contributed by atoms with Crippen LogP contribution in [0.1, 0.15) is 22.5 Å². The van der Waals surface area contributed by atoms with Crippen LogP contribution in [-0.4, -0.2) is 16.8 Å². The molecule has 27 heavy (non-hydrogen) atoms. The maximum atomic E-state index is 12.0. The van der Waals surface area contributed by atoms with Crippen molar-refractivity contribution in [1.82, 2.24) is 9.99 Å². The molecule has 2 aromatic carbocycles. The Kier molecular flexibility index (Phi) is 5.62. The van der Waals surface area contributed by atoms with E-state index < -0.39 is 0 Å². The van der Waals surface area contributed by atoms with E-state index in [9.17, 15) is 4.79 Å². The Morgan fingerprint density at radius 2 is 1.78 bits per heavy atom. The maximum absolute atomic E-state index is 12.0. The third-order valence-electron chi connectivity index (χ3n) is 4.32. The van der Waals surface area contributed by atoms with Gasteiger partial charge in [-0.15, -0.1) is 0 Å². The molecule has 0 aliphatic rings. The number of halogens is 1. The second kappa shape index (κ2) is 8.10. The summed E-state index contributed by atoms with van der Waals surface area (Å²) < 4.78 is 2.12. The van der Waals surface area contributed by atoms with E-state index in [2.05, 4.69) is 20.4 Å². The molecule has 6 heteroatoms. The largest absolute Gasteiger partial charge is 0.339 e. The van der Waals surface area contributed by atoms with Crippen molar-refractivity contribution < 1.29 is 4.79 Å². The summed E-state index contributed by atoms with van der Waals surface area (Å²) in [6, 6.07) is 16.9. The number of hydrogen-bond donors (Lipinski definition) is 2. The minimum atomic E-state index is -0.382. The molecule has 2 N–H and O–H groups in total. The van der Waals surface area contributed by atoms with Gasteiger partial charge in [0, 0.05) is 33.3 Å². The van der Waals surface area contributed by atoms with Crippen LogP contribution in [0.5, 0.6) is 0 Å². The van der Waals surface area contributed by atoms with Gasteiger partial charge >= 0.3 is 6.03 Å². The Balaban J connectivity index is 1.71. The van der Waals surface area contributed by atoms with Crippen molar-refractivity contribution >= 4 is 29.5 Å². The SMILES string of the molecule is Cc1ccccc1NC(=O)NN=Cc1cc(C)n(-c2ccc(Cl)cc2)c1C. The number of amides is 2. The van der Waals surface area contributed by atoms with Crippen LogP contribution in [-0.2, 0) is 0 Å². The summed E-state index contributed by atoms with van der Waals surface area (Å²) in [4.78, 5) is 12.0. The fourth-order valence-electron chi connectivity index (χ4n) is 2.93. The highest BCUT2D eigenvalue weighted by Gasteiger charge is 2.09. The first-order chi connectivity index (χ1) is 13.0. The van der Waals surface area contributed by atoms with Gasteiger partial charge in [-0.1, -0.05) is 29.8 Å². The topological polar surface area (TPSA) is 58.4 Å². The zero-order valence-corrected chi connectivity index (χ0v) is 16.2. The lowest BCUT2D eigenvalue weighted by Gasteiger charge is -2.09. The zero-order chi connectivity index (χ0) is 19.4. The number of aromatic nitrogens is 1. The summed E-state index contributed by atoms with van der Waals surface area (Å²) in [5, 5.41) is 7.55. The van der Waals surface area contributed by atoms with Crippen LogP contribution in [0.3, 0.4) is 0 Å². The summed E-state index contributed by atoms with van der Waals surface area (Å²) >= 11 is 5.97. The number of aryl methyl sites for hydroxylation is 2. The van der Waals surface area contributed by atoms with E-state index >= 15 is 0 Å². The molecule has 138 valence electrons. The van der Waals surface area contributed by atoms with E-state index in [0.29, 0.717) is 5.02 Å². The number of nitrogens with zero attached hydrogens (tertiary/aromatic N) is 2.